The molecule has 8 nitrogen and oxygen atoms in total. The zero-order chi connectivity index (χ0) is 21.4. The van der Waals surface area contributed by atoms with Gasteiger partial charge in [-0.25, -0.2) is 14.3 Å². The summed E-state index contributed by atoms with van der Waals surface area (Å²) in [6.07, 6.45) is 0.706. The van der Waals surface area contributed by atoms with Crippen LogP contribution in [0.2, 0.25) is 5.02 Å². The van der Waals surface area contributed by atoms with Crippen molar-refractivity contribution in [1.29, 1.82) is 0 Å². The topological polar surface area (TPSA) is 102 Å². The van der Waals surface area contributed by atoms with Crippen LogP contribution in [0.1, 0.15) is 35.1 Å². The fraction of sp³-hybridized carbons (Fsp3) is 0.300. The van der Waals surface area contributed by atoms with E-state index in [0.717, 1.165) is 34.4 Å². The van der Waals surface area contributed by atoms with Gasteiger partial charge < -0.3 is 10.1 Å². The van der Waals surface area contributed by atoms with Gasteiger partial charge in [-0.05, 0) is 57.0 Å². The van der Waals surface area contributed by atoms with Crippen LogP contribution >= 0.6 is 22.9 Å². The highest BCUT2D eigenvalue weighted by Gasteiger charge is 2.27. The molecule has 156 valence electrons. The van der Waals surface area contributed by atoms with Gasteiger partial charge in [-0.15, -0.1) is 11.3 Å². The van der Waals surface area contributed by atoms with E-state index >= 15 is 0 Å². The van der Waals surface area contributed by atoms with Crippen molar-refractivity contribution in [2.45, 2.75) is 38.8 Å². The number of aromatic nitrogens is 2. The molecule has 1 fully saturated rings. The number of imide groups is 1. The first-order valence-electron chi connectivity index (χ1n) is 9.39. The molecule has 0 bridgehead atoms. The normalized spacial score (nSPS) is 14.4. The van der Waals surface area contributed by atoms with Crippen molar-refractivity contribution in [3.8, 4) is 5.69 Å². The van der Waals surface area contributed by atoms with Crippen LogP contribution in [0.15, 0.2) is 30.3 Å². The van der Waals surface area contributed by atoms with Crippen LogP contribution in [0, 0.1) is 6.92 Å². The number of nitrogens with zero attached hydrogens (tertiary/aromatic N) is 2. The second-order valence-electron chi connectivity index (χ2n) is 7.09. The van der Waals surface area contributed by atoms with Crippen molar-refractivity contribution in [3.63, 3.8) is 0 Å². The van der Waals surface area contributed by atoms with Crippen molar-refractivity contribution in [3.05, 3.63) is 45.9 Å². The molecule has 1 aliphatic rings. The van der Waals surface area contributed by atoms with Gasteiger partial charge >= 0.3 is 12.0 Å². The van der Waals surface area contributed by atoms with Crippen molar-refractivity contribution < 1.29 is 19.1 Å². The minimum atomic E-state index is -1.11. The largest absolute Gasteiger partial charge is 0.448 e. The second kappa shape index (κ2) is 8.08. The fourth-order valence-electron chi connectivity index (χ4n) is 2.84. The lowest BCUT2D eigenvalue weighted by Crippen LogP contribution is -2.45. The van der Waals surface area contributed by atoms with Gasteiger partial charge in [0.05, 0.1) is 11.4 Å². The highest BCUT2D eigenvalue weighted by Crippen LogP contribution is 2.31. The number of carbonyl (C=O) groups excluding carboxylic acids is 3. The average Bonchev–Trinajstić information content (AvgIpc) is 3.30. The number of hydrogen-bond acceptors (Lipinski definition) is 6. The lowest BCUT2D eigenvalue weighted by Gasteiger charge is -2.12. The van der Waals surface area contributed by atoms with Gasteiger partial charge in [0, 0.05) is 16.5 Å². The fourth-order valence-corrected chi connectivity index (χ4v) is 4.03. The third kappa shape index (κ3) is 4.31. The average molecular weight is 447 g/mol. The summed E-state index contributed by atoms with van der Waals surface area (Å²) in [6.45, 7) is 3.27. The molecule has 10 heteroatoms. The van der Waals surface area contributed by atoms with E-state index in [1.807, 2.05) is 19.1 Å². The monoisotopic (exact) mass is 446 g/mol. The Kier molecular flexibility index (Phi) is 5.48. The zero-order valence-corrected chi connectivity index (χ0v) is 17.8. The SMILES string of the molecule is Cc1nn(-c2ccc(Cl)cc2)c2sc(C(=O)OC(C)C(=O)NC(=O)NC3CC3)cc12. The third-order valence-electron chi connectivity index (χ3n) is 4.62. The van der Waals surface area contributed by atoms with Gasteiger partial charge in [0.15, 0.2) is 6.10 Å². The molecule has 2 N–H and O–H groups in total. The number of rotatable bonds is 5. The summed E-state index contributed by atoms with van der Waals surface area (Å²) in [5.41, 5.74) is 1.58. The van der Waals surface area contributed by atoms with E-state index < -0.39 is 24.0 Å². The van der Waals surface area contributed by atoms with Crippen LogP contribution in [-0.4, -0.2) is 39.8 Å². The van der Waals surface area contributed by atoms with Crippen LogP contribution in [0.5, 0.6) is 0 Å². The summed E-state index contributed by atoms with van der Waals surface area (Å²) in [5, 5.41) is 10.8. The molecule has 1 unspecified atom stereocenters. The molecule has 1 aliphatic carbocycles. The Morgan fingerprint density at radius 3 is 2.63 bits per heavy atom. The maximum atomic E-state index is 12.6. The Morgan fingerprint density at radius 1 is 1.27 bits per heavy atom. The third-order valence-corrected chi connectivity index (χ3v) is 5.96. The second-order valence-corrected chi connectivity index (χ2v) is 8.55. The Labute approximate surface area is 181 Å². The van der Waals surface area contributed by atoms with E-state index in [1.165, 1.54) is 18.3 Å². The van der Waals surface area contributed by atoms with Crippen LogP contribution in [0.4, 0.5) is 4.79 Å². The number of benzene rings is 1. The number of carbonyl (C=O) groups is 3. The first-order chi connectivity index (χ1) is 14.3. The van der Waals surface area contributed by atoms with E-state index in [2.05, 4.69) is 15.7 Å². The number of nitrogens with one attached hydrogen (secondary N) is 2. The maximum Gasteiger partial charge on any atom is 0.349 e. The van der Waals surface area contributed by atoms with Crippen molar-refractivity contribution in [2.75, 3.05) is 0 Å². The molecule has 4 rings (SSSR count). The van der Waals surface area contributed by atoms with E-state index in [9.17, 15) is 14.4 Å². The van der Waals surface area contributed by atoms with E-state index in [0.29, 0.717) is 9.90 Å². The number of urea groups is 1. The molecule has 3 amide bonds. The van der Waals surface area contributed by atoms with Gasteiger partial charge in [0.25, 0.3) is 5.91 Å². The van der Waals surface area contributed by atoms with Crippen LogP contribution < -0.4 is 10.6 Å². The Bertz CT molecular complexity index is 1130. The molecular formula is C20H19ClN4O4S. The molecule has 0 aliphatic heterocycles. The van der Waals surface area contributed by atoms with Crippen LogP contribution in [0.25, 0.3) is 15.9 Å². The number of ether oxygens (including phenoxy) is 1. The molecular weight excluding hydrogens is 428 g/mol. The number of fused-ring (bicyclic) bond motifs is 1. The standard InChI is InChI=1S/C20H19ClN4O4S/c1-10-15-9-16(30-18(15)25(24-10)14-7-3-12(21)4-8-14)19(27)29-11(2)17(26)23-20(28)22-13-5-6-13/h3-4,7-9,11,13H,5-6H2,1-2H3,(H2,22,23,26,28). The molecule has 1 atom stereocenters. The Balaban J connectivity index is 1.48. The first-order valence-corrected chi connectivity index (χ1v) is 10.6. The van der Waals surface area contributed by atoms with Crippen LogP contribution in [0.3, 0.4) is 0 Å². The van der Waals surface area contributed by atoms with Crippen molar-refractivity contribution in [1.82, 2.24) is 20.4 Å². The molecule has 0 radical (unpaired) electrons. The van der Waals surface area contributed by atoms with Gasteiger partial charge in [0.2, 0.25) is 0 Å². The summed E-state index contributed by atoms with van der Waals surface area (Å²) in [4.78, 5) is 37.5. The number of hydrogen-bond donors (Lipinski definition) is 2. The van der Waals surface area contributed by atoms with Crippen LogP contribution in [-0.2, 0) is 9.53 Å². The predicted molar refractivity (Wildman–Crippen MR) is 113 cm³/mol. The number of aryl methyl sites for hydroxylation is 1. The molecule has 2 aromatic heterocycles. The van der Waals surface area contributed by atoms with Gasteiger partial charge in [0.1, 0.15) is 9.71 Å². The summed E-state index contributed by atoms with van der Waals surface area (Å²) in [6, 6.07) is 8.45. The molecule has 3 aromatic rings. The quantitative estimate of drug-likeness (QED) is 0.583. The van der Waals surface area contributed by atoms with Gasteiger partial charge in [-0.1, -0.05) is 11.6 Å². The Morgan fingerprint density at radius 2 is 1.97 bits per heavy atom. The summed E-state index contributed by atoms with van der Waals surface area (Å²) in [5.74, 6) is -1.31. The summed E-state index contributed by atoms with van der Waals surface area (Å²) >= 11 is 7.17. The maximum absolute atomic E-state index is 12.6. The van der Waals surface area contributed by atoms with E-state index in [1.54, 1.807) is 22.9 Å². The molecule has 1 saturated carbocycles. The highest BCUT2D eigenvalue weighted by molar-refractivity contribution is 7.20. The highest BCUT2D eigenvalue weighted by atomic mass is 35.5. The van der Waals surface area contributed by atoms with E-state index in [-0.39, 0.29) is 6.04 Å². The molecule has 30 heavy (non-hydrogen) atoms. The van der Waals surface area contributed by atoms with Gasteiger partial charge in [-0.3, -0.25) is 10.1 Å². The number of esters is 1. The Hall–Kier alpha value is -2.91. The number of halogens is 1. The molecule has 2 heterocycles. The lowest BCUT2D eigenvalue weighted by molar-refractivity contribution is -0.127. The first kappa shape index (κ1) is 20.4. The minimum Gasteiger partial charge on any atom is -0.448 e. The molecule has 0 spiro atoms. The minimum absolute atomic E-state index is 0.123. The summed E-state index contributed by atoms with van der Waals surface area (Å²) < 4.78 is 6.99. The predicted octanol–water partition coefficient (Wildman–Crippen LogP) is 3.58. The zero-order valence-electron chi connectivity index (χ0n) is 16.3. The van der Waals surface area contributed by atoms with Gasteiger partial charge in [-0.2, -0.15) is 5.10 Å². The van der Waals surface area contributed by atoms with E-state index in [4.69, 9.17) is 16.3 Å². The number of amides is 3. The lowest BCUT2D eigenvalue weighted by atomic mass is 10.3. The molecule has 0 saturated heterocycles. The number of thiophene rings is 1. The molecule has 1 aromatic carbocycles. The van der Waals surface area contributed by atoms with Crippen molar-refractivity contribution in [2.24, 2.45) is 0 Å². The summed E-state index contributed by atoms with van der Waals surface area (Å²) in [7, 11) is 0. The van der Waals surface area contributed by atoms with Crippen molar-refractivity contribution >= 4 is 51.1 Å². The smallest absolute Gasteiger partial charge is 0.349 e.